The first-order chi connectivity index (χ1) is 13.2. The van der Waals surface area contributed by atoms with E-state index in [-0.39, 0.29) is 12.0 Å². The van der Waals surface area contributed by atoms with Crippen molar-refractivity contribution in [2.45, 2.75) is 44.3 Å². The van der Waals surface area contributed by atoms with Crippen molar-refractivity contribution in [1.29, 1.82) is 0 Å². The molecule has 0 unspecified atom stereocenters. The zero-order valence-electron chi connectivity index (χ0n) is 16.2. The summed E-state index contributed by atoms with van der Waals surface area (Å²) in [6, 6.07) is 17.6. The molecule has 2 aliphatic rings. The van der Waals surface area contributed by atoms with Gasteiger partial charge in [0, 0.05) is 29.6 Å². The lowest BCUT2D eigenvalue weighted by Gasteiger charge is -2.36. The Kier molecular flexibility index (Phi) is 5.11. The van der Waals surface area contributed by atoms with E-state index in [2.05, 4.69) is 41.3 Å². The minimum absolute atomic E-state index is 0.0453. The molecule has 0 saturated carbocycles. The molecule has 1 N–H and O–H groups in total. The third kappa shape index (κ3) is 3.21. The highest BCUT2D eigenvalue weighted by Gasteiger charge is 2.55. The second kappa shape index (κ2) is 7.53. The lowest BCUT2D eigenvalue weighted by Crippen LogP contribution is -2.41. The molecule has 2 bridgehead atoms. The molecular weight excluding hydrogens is 338 g/mol. The molecule has 4 nitrogen and oxygen atoms in total. The lowest BCUT2D eigenvalue weighted by atomic mass is 9.70. The highest BCUT2D eigenvalue weighted by molar-refractivity contribution is 5.46. The van der Waals surface area contributed by atoms with Gasteiger partial charge in [0.2, 0.25) is 0 Å². The number of methoxy groups -OCH3 is 2. The zero-order chi connectivity index (χ0) is 18.9. The highest BCUT2D eigenvalue weighted by atomic mass is 16.5. The van der Waals surface area contributed by atoms with Crippen LogP contribution in [-0.4, -0.2) is 42.9 Å². The molecule has 2 aromatic carbocycles. The molecule has 4 rings (SSSR count). The number of hydrogen-bond acceptors (Lipinski definition) is 4. The predicted octanol–water partition coefficient (Wildman–Crippen LogP) is 3.66. The van der Waals surface area contributed by atoms with Gasteiger partial charge in [0.05, 0.1) is 20.8 Å². The summed E-state index contributed by atoms with van der Waals surface area (Å²) in [5.41, 5.74) is 2.43. The SMILES string of the molecule is COc1cccc(CN2[C@H]3CC[C@@H]2[C@@](CO)(Cc2ccccc2)C3)c1OC. The van der Waals surface area contributed by atoms with Gasteiger partial charge in [-0.25, -0.2) is 0 Å². The Bertz CT molecular complexity index is 778. The number of nitrogens with zero attached hydrogens (tertiary/aromatic N) is 1. The maximum Gasteiger partial charge on any atom is 0.165 e. The van der Waals surface area contributed by atoms with Crippen molar-refractivity contribution in [2.75, 3.05) is 20.8 Å². The van der Waals surface area contributed by atoms with E-state index < -0.39 is 0 Å². The van der Waals surface area contributed by atoms with Gasteiger partial charge in [0.1, 0.15) is 0 Å². The summed E-state index contributed by atoms with van der Waals surface area (Å²) in [7, 11) is 3.38. The fourth-order valence-corrected chi connectivity index (χ4v) is 5.35. The average Bonchev–Trinajstić information content (AvgIpc) is 3.23. The number of rotatable bonds is 7. The van der Waals surface area contributed by atoms with E-state index in [0.29, 0.717) is 12.1 Å². The van der Waals surface area contributed by atoms with Crippen molar-refractivity contribution >= 4 is 0 Å². The zero-order valence-corrected chi connectivity index (χ0v) is 16.2. The van der Waals surface area contributed by atoms with Gasteiger partial charge in [0.25, 0.3) is 0 Å². The first-order valence-corrected chi connectivity index (χ1v) is 9.81. The molecular formula is C23H29NO3. The summed E-state index contributed by atoms with van der Waals surface area (Å²) in [4.78, 5) is 2.59. The molecule has 2 aliphatic heterocycles. The number of aliphatic hydroxyl groups is 1. The Morgan fingerprint density at radius 1 is 1.04 bits per heavy atom. The highest BCUT2D eigenvalue weighted by Crippen LogP contribution is 2.52. The number of para-hydroxylation sites is 1. The van der Waals surface area contributed by atoms with E-state index in [1.165, 1.54) is 12.0 Å². The minimum atomic E-state index is -0.0453. The van der Waals surface area contributed by atoms with Gasteiger partial charge >= 0.3 is 0 Å². The Labute approximate surface area is 161 Å². The van der Waals surface area contributed by atoms with Crippen LogP contribution in [0.15, 0.2) is 48.5 Å². The number of fused-ring (bicyclic) bond motifs is 2. The van der Waals surface area contributed by atoms with E-state index >= 15 is 0 Å². The van der Waals surface area contributed by atoms with Gasteiger partial charge in [-0.1, -0.05) is 42.5 Å². The molecule has 0 aromatic heterocycles. The summed E-state index contributed by atoms with van der Waals surface area (Å²) >= 11 is 0. The van der Waals surface area contributed by atoms with Gasteiger partial charge in [-0.05, 0) is 37.3 Å². The standard InChI is InChI=1S/C23H29NO3/c1-26-20-10-6-9-18(22(20)27-2)15-24-19-11-12-21(24)23(14-19,16-25)13-17-7-4-3-5-8-17/h3-10,19,21,25H,11-16H2,1-2H3/t19-,21+,23-/m0/s1. The Balaban J connectivity index is 1.59. The summed E-state index contributed by atoms with van der Waals surface area (Å²) in [6.07, 6.45) is 4.38. The van der Waals surface area contributed by atoms with Crippen LogP contribution in [0.3, 0.4) is 0 Å². The molecule has 2 aromatic rings. The molecule has 27 heavy (non-hydrogen) atoms. The lowest BCUT2D eigenvalue weighted by molar-refractivity contribution is 0.0748. The fourth-order valence-electron chi connectivity index (χ4n) is 5.35. The van der Waals surface area contributed by atoms with Crippen LogP contribution in [0.4, 0.5) is 0 Å². The van der Waals surface area contributed by atoms with Crippen molar-refractivity contribution in [1.82, 2.24) is 4.90 Å². The quantitative estimate of drug-likeness (QED) is 0.811. The van der Waals surface area contributed by atoms with E-state index in [4.69, 9.17) is 9.47 Å². The van der Waals surface area contributed by atoms with Gasteiger partial charge in [-0.15, -0.1) is 0 Å². The van der Waals surface area contributed by atoms with Crippen LogP contribution < -0.4 is 9.47 Å². The Hall–Kier alpha value is -2.04. The van der Waals surface area contributed by atoms with Crippen molar-refractivity contribution in [3.05, 3.63) is 59.7 Å². The van der Waals surface area contributed by atoms with E-state index in [9.17, 15) is 5.11 Å². The minimum Gasteiger partial charge on any atom is -0.493 e. The first kappa shape index (κ1) is 18.3. The Morgan fingerprint density at radius 3 is 2.56 bits per heavy atom. The molecule has 0 aliphatic carbocycles. The van der Waals surface area contributed by atoms with Gasteiger partial charge < -0.3 is 14.6 Å². The molecule has 2 saturated heterocycles. The van der Waals surface area contributed by atoms with Crippen molar-refractivity contribution in [3.63, 3.8) is 0 Å². The second-order valence-corrected chi connectivity index (χ2v) is 7.96. The first-order valence-electron chi connectivity index (χ1n) is 9.81. The van der Waals surface area contributed by atoms with E-state index in [1.807, 2.05) is 12.1 Å². The second-order valence-electron chi connectivity index (χ2n) is 7.96. The van der Waals surface area contributed by atoms with Crippen LogP contribution in [-0.2, 0) is 13.0 Å². The number of ether oxygens (including phenoxy) is 2. The molecule has 3 atom stereocenters. The normalized spacial score (nSPS) is 27.1. The Morgan fingerprint density at radius 2 is 1.85 bits per heavy atom. The van der Waals surface area contributed by atoms with Gasteiger partial charge in [-0.3, -0.25) is 4.90 Å². The molecule has 4 heteroatoms. The molecule has 0 spiro atoms. The number of benzene rings is 2. The van der Waals surface area contributed by atoms with Gasteiger partial charge in [0.15, 0.2) is 11.5 Å². The molecule has 0 amide bonds. The van der Waals surface area contributed by atoms with Crippen molar-refractivity contribution in [3.8, 4) is 11.5 Å². The van der Waals surface area contributed by atoms with E-state index in [0.717, 1.165) is 42.9 Å². The molecule has 2 heterocycles. The van der Waals surface area contributed by atoms with Crippen LogP contribution in [0.25, 0.3) is 0 Å². The van der Waals surface area contributed by atoms with Crippen LogP contribution in [0.1, 0.15) is 30.4 Å². The van der Waals surface area contributed by atoms with Crippen LogP contribution >= 0.6 is 0 Å². The van der Waals surface area contributed by atoms with Crippen LogP contribution in [0.2, 0.25) is 0 Å². The number of hydrogen-bond donors (Lipinski definition) is 1. The van der Waals surface area contributed by atoms with E-state index in [1.54, 1.807) is 14.2 Å². The van der Waals surface area contributed by atoms with Crippen LogP contribution in [0, 0.1) is 5.41 Å². The van der Waals surface area contributed by atoms with Crippen LogP contribution in [0.5, 0.6) is 11.5 Å². The maximum absolute atomic E-state index is 10.4. The van der Waals surface area contributed by atoms with Gasteiger partial charge in [-0.2, -0.15) is 0 Å². The monoisotopic (exact) mass is 367 g/mol. The molecule has 144 valence electrons. The summed E-state index contributed by atoms with van der Waals surface area (Å²) in [5, 5.41) is 10.4. The number of aliphatic hydroxyl groups excluding tert-OH is 1. The molecule has 0 radical (unpaired) electrons. The van der Waals surface area contributed by atoms with Crippen molar-refractivity contribution < 1.29 is 14.6 Å². The topological polar surface area (TPSA) is 41.9 Å². The fraction of sp³-hybridized carbons (Fsp3) is 0.478. The third-order valence-corrected chi connectivity index (χ3v) is 6.54. The summed E-state index contributed by atoms with van der Waals surface area (Å²) in [6.45, 7) is 1.08. The summed E-state index contributed by atoms with van der Waals surface area (Å²) < 4.78 is 11.1. The summed E-state index contributed by atoms with van der Waals surface area (Å²) in [5.74, 6) is 1.60. The third-order valence-electron chi connectivity index (χ3n) is 6.54. The average molecular weight is 367 g/mol. The van der Waals surface area contributed by atoms with Crippen molar-refractivity contribution in [2.24, 2.45) is 5.41 Å². The molecule has 2 fully saturated rings. The largest absolute Gasteiger partial charge is 0.493 e. The smallest absolute Gasteiger partial charge is 0.165 e. The predicted molar refractivity (Wildman–Crippen MR) is 106 cm³/mol. The maximum atomic E-state index is 10.4.